The van der Waals surface area contributed by atoms with Crippen molar-refractivity contribution >= 4 is 0 Å². The van der Waals surface area contributed by atoms with Crippen molar-refractivity contribution in [2.24, 2.45) is 5.73 Å². The van der Waals surface area contributed by atoms with Gasteiger partial charge in [-0.05, 0) is 36.1 Å². The summed E-state index contributed by atoms with van der Waals surface area (Å²) in [5, 5.41) is 3.86. The van der Waals surface area contributed by atoms with Crippen LogP contribution in [0.25, 0.3) is 11.5 Å². The largest absolute Gasteiger partial charge is 0.377 e. The fraction of sp³-hybridized carbons (Fsp3) is 0.385. The van der Waals surface area contributed by atoms with Crippen LogP contribution in [0.4, 0.5) is 0 Å². The van der Waals surface area contributed by atoms with E-state index in [1.807, 2.05) is 6.07 Å². The molecule has 0 unspecified atom stereocenters. The zero-order valence-electron chi connectivity index (χ0n) is 10.2. The Balaban J connectivity index is 1.92. The zero-order valence-corrected chi connectivity index (χ0v) is 10.2. The van der Waals surface area contributed by atoms with Crippen molar-refractivity contribution in [3.05, 3.63) is 35.2 Å². The van der Waals surface area contributed by atoms with Gasteiger partial charge in [-0.25, -0.2) is 0 Å². The van der Waals surface area contributed by atoms with Crippen LogP contribution < -0.4 is 5.73 Å². The average molecular weight is 245 g/mol. The molecule has 0 amide bonds. The van der Waals surface area contributed by atoms with Crippen molar-refractivity contribution in [3.63, 3.8) is 0 Å². The Morgan fingerprint density at radius 1 is 1.50 bits per heavy atom. The number of benzene rings is 1. The highest BCUT2D eigenvalue weighted by Gasteiger charge is 2.20. The van der Waals surface area contributed by atoms with Crippen LogP contribution in [0.15, 0.2) is 22.7 Å². The fourth-order valence-corrected chi connectivity index (χ4v) is 2.34. The lowest BCUT2D eigenvalue weighted by atomic mass is 10.1. The Morgan fingerprint density at radius 2 is 2.39 bits per heavy atom. The van der Waals surface area contributed by atoms with Crippen LogP contribution in [-0.2, 0) is 17.8 Å². The first-order valence-electron chi connectivity index (χ1n) is 5.98. The van der Waals surface area contributed by atoms with Crippen LogP contribution in [0.2, 0.25) is 0 Å². The molecule has 2 aromatic rings. The number of aromatic nitrogens is 2. The van der Waals surface area contributed by atoms with E-state index in [0.29, 0.717) is 18.3 Å². The Bertz CT molecular complexity index is 565. The summed E-state index contributed by atoms with van der Waals surface area (Å²) in [4.78, 5) is 4.28. The lowest BCUT2D eigenvalue weighted by molar-refractivity contribution is 0.174. The molecule has 1 aliphatic rings. The molecule has 0 radical (unpaired) electrons. The first kappa shape index (κ1) is 11.4. The van der Waals surface area contributed by atoms with Gasteiger partial charge in [0, 0.05) is 18.7 Å². The Kier molecular flexibility index (Phi) is 2.85. The highest BCUT2D eigenvalue weighted by atomic mass is 16.5. The lowest BCUT2D eigenvalue weighted by Gasteiger charge is -2.04. The highest BCUT2D eigenvalue weighted by Crippen LogP contribution is 2.32. The molecule has 1 aliphatic carbocycles. The molecule has 0 saturated heterocycles. The minimum atomic E-state index is 0.167. The van der Waals surface area contributed by atoms with Gasteiger partial charge < -0.3 is 15.0 Å². The fourth-order valence-electron chi connectivity index (χ4n) is 2.34. The summed E-state index contributed by atoms with van der Waals surface area (Å²) in [7, 11) is 1.60. The van der Waals surface area contributed by atoms with E-state index in [1.54, 1.807) is 7.11 Å². The van der Waals surface area contributed by atoms with E-state index in [1.165, 1.54) is 11.1 Å². The van der Waals surface area contributed by atoms with Gasteiger partial charge in [-0.1, -0.05) is 11.2 Å². The predicted molar refractivity (Wildman–Crippen MR) is 65.7 cm³/mol. The summed E-state index contributed by atoms with van der Waals surface area (Å²) in [6.07, 6.45) is 2.03. The number of aryl methyl sites for hydroxylation is 1. The van der Waals surface area contributed by atoms with Crippen LogP contribution in [0.5, 0.6) is 0 Å². The molecule has 1 heterocycles. The molecule has 0 aliphatic heterocycles. The Hall–Kier alpha value is -1.72. The SMILES string of the molecule is COCc1noc(-c2ccc3c(c2)CC[C@H]3N)n1. The summed E-state index contributed by atoms with van der Waals surface area (Å²) < 4.78 is 10.2. The number of nitrogens with zero attached hydrogens (tertiary/aromatic N) is 2. The molecule has 0 spiro atoms. The minimum Gasteiger partial charge on any atom is -0.377 e. The van der Waals surface area contributed by atoms with Crippen molar-refractivity contribution in [1.29, 1.82) is 0 Å². The van der Waals surface area contributed by atoms with Gasteiger partial charge in [-0.15, -0.1) is 0 Å². The van der Waals surface area contributed by atoms with E-state index in [-0.39, 0.29) is 6.04 Å². The number of rotatable bonds is 3. The maximum Gasteiger partial charge on any atom is 0.258 e. The Morgan fingerprint density at radius 3 is 3.22 bits per heavy atom. The number of hydrogen-bond donors (Lipinski definition) is 1. The van der Waals surface area contributed by atoms with Crippen LogP contribution in [0, 0.1) is 0 Å². The number of ether oxygens (including phenoxy) is 1. The molecule has 0 fully saturated rings. The number of methoxy groups -OCH3 is 1. The third-order valence-electron chi connectivity index (χ3n) is 3.26. The lowest BCUT2D eigenvalue weighted by Crippen LogP contribution is -2.04. The maximum absolute atomic E-state index is 6.01. The quantitative estimate of drug-likeness (QED) is 0.892. The summed E-state index contributed by atoms with van der Waals surface area (Å²) in [5.74, 6) is 1.09. The van der Waals surface area contributed by atoms with E-state index >= 15 is 0 Å². The topological polar surface area (TPSA) is 74.2 Å². The predicted octanol–water partition coefficient (Wildman–Crippen LogP) is 1.83. The second kappa shape index (κ2) is 4.51. The molecule has 0 bridgehead atoms. The van der Waals surface area contributed by atoms with Crippen LogP contribution in [0.1, 0.15) is 29.4 Å². The molecule has 3 rings (SSSR count). The van der Waals surface area contributed by atoms with E-state index < -0.39 is 0 Å². The number of nitrogens with two attached hydrogens (primary N) is 1. The summed E-state index contributed by atoms with van der Waals surface area (Å²) in [6, 6.07) is 6.30. The molecular formula is C13H15N3O2. The number of fused-ring (bicyclic) bond motifs is 1. The molecular weight excluding hydrogens is 230 g/mol. The van der Waals surface area contributed by atoms with Gasteiger partial charge in [0.2, 0.25) is 0 Å². The van der Waals surface area contributed by atoms with Crippen molar-refractivity contribution in [1.82, 2.24) is 10.1 Å². The van der Waals surface area contributed by atoms with E-state index in [9.17, 15) is 0 Å². The second-order valence-corrected chi connectivity index (χ2v) is 4.51. The second-order valence-electron chi connectivity index (χ2n) is 4.51. The molecule has 18 heavy (non-hydrogen) atoms. The van der Waals surface area contributed by atoms with E-state index in [2.05, 4.69) is 22.3 Å². The van der Waals surface area contributed by atoms with Crippen LogP contribution in [-0.4, -0.2) is 17.3 Å². The molecule has 0 saturated carbocycles. The maximum atomic E-state index is 6.01. The molecule has 94 valence electrons. The summed E-state index contributed by atoms with van der Waals surface area (Å²) in [5.41, 5.74) is 9.47. The normalized spacial score (nSPS) is 18.0. The smallest absolute Gasteiger partial charge is 0.258 e. The molecule has 2 N–H and O–H groups in total. The highest BCUT2D eigenvalue weighted by molar-refractivity contribution is 5.57. The van der Waals surface area contributed by atoms with Gasteiger partial charge in [0.15, 0.2) is 5.82 Å². The van der Waals surface area contributed by atoms with Gasteiger partial charge in [0.1, 0.15) is 6.61 Å². The van der Waals surface area contributed by atoms with Crippen LogP contribution in [0.3, 0.4) is 0 Å². The molecule has 1 aromatic heterocycles. The standard InChI is InChI=1S/C13H15N3O2/c1-17-7-12-15-13(18-16-12)9-2-4-10-8(6-9)3-5-11(10)14/h2,4,6,11H,3,5,7,14H2,1H3/t11-/m1/s1. The summed E-state index contributed by atoms with van der Waals surface area (Å²) >= 11 is 0. The van der Waals surface area contributed by atoms with Crippen molar-refractivity contribution in [2.45, 2.75) is 25.5 Å². The average Bonchev–Trinajstić information content (AvgIpc) is 2.97. The monoisotopic (exact) mass is 245 g/mol. The minimum absolute atomic E-state index is 0.167. The molecule has 1 aromatic carbocycles. The van der Waals surface area contributed by atoms with Gasteiger partial charge in [-0.2, -0.15) is 4.98 Å². The van der Waals surface area contributed by atoms with Gasteiger partial charge in [-0.3, -0.25) is 0 Å². The zero-order chi connectivity index (χ0) is 12.5. The molecule has 5 heteroatoms. The third kappa shape index (κ3) is 1.91. The van der Waals surface area contributed by atoms with E-state index in [0.717, 1.165) is 18.4 Å². The first-order valence-corrected chi connectivity index (χ1v) is 5.98. The third-order valence-corrected chi connectivity index (χ3v) is 3.26. The van der Waals surface area contributed by atoms with Crippen molar-refractivity contribution < 1.29 is 9.26 Å². The van der Waals surface area contributed by atoms with Crippen molar-refractivity contribution in [3.8, 4) is 11.5 Å². The molecule has 5 nitrogen and oxygen atoms in total. The molecule has 1 atom stereocenters. The van der Waals surface area contributed by atoms with Gasteiger partial charge >= 0.3 is 0 Å². The Labute approximate surface area is 105 Å². The van der Waals surface area contributed by atoms with Gasteiger partial charge in [0.05, 0.1) is 0 Å². The number of hydrogen-bond acceptors (Lipinski definition) is 5. The summed E-state index contributed by atoms with van der Waals surface area (Å²) in [6.45, 7) is 0.360. The van der Waals surface area contributed by atoms with Gasteiger partial charge in [0.25, 0.3) is 5.89 Å². The first-order chi connectivity index (χ1) is 8.78. The van der Waals surface area contributed by atoms with E-state index in [4.69, 9.17) is 15.0 Å². The van der Waals surface area contributed by atoms with Crippen molar-refractivity contribution in [2.75, 3.05) is 7.11 Å². The van der Waals surface area contributed by atoms with Crippen LogP contribution >= 0.6 is 0 Å².